The van der Waals surface area contributed by atoms with E-state index in [-0.39, 0.29) is 17.1 Å². The summed E-state index contributed by atoms with van der Waals surface area (Å²) in [6.45, 7) is 15.2. The first-order valence-corrected chi connectivity index (χ1v) is 12.1. The maximum Gasteiger partial charge on any atom is 0.0786 e. The quantitative estimate of drug-likeness (QED) is 0.163. The second-order valence-electron chi connectivity index (χ2n) is 8.48. The Morgan fingerprint density at radius 2 is 0.571 bits per heavy atom. The van der Waals surface area contributed by atoms with Gasteiger partial charge in [0.05, 0.1) is 26.2 Å². The highest BCUT2D eigenvalue weighted by Gasteiger charge is 2.25. The molecule has 6 N–H and O–H groups in total. The summed E-state index contributed by atoms with van der Waals surface area (Å²) in [5.74, 6) is 0. The third-order valence-corrected chi connectivity index (χ3v) is 5.94. The fourth-order valence-corrected chi connectivity index (χ4v) is 4.17. The van der Waals surface area contributed by atoms with E-state index in [0.717, 1.165) is 0 Å². The Hall–Kier alpha value is -0.160. The van der Waals surface area contributed by atoms with Gasteiger partial charge in [-0.3, -0.25) is 0 Å². The zero-order valence-corrected chi connectivity index (χ0v) is 20.5. The molecule has 0 aliphatic heterocycles. The average Bonchev–Trinajstić information content (AvgIpc) is 2.63. The normalized spacial score (nSPS) is 10.7. The van der Waals surface area contributed by atoms with Gasteiger partial charge in [-0.15, -0.1) is 0 Å². The lowest BCUT2D eigenvalue weighted by Gasteiger charge is -2.39. The molecule has 0 saturated heterocycles. The zero-order chi connectivity index (χ0) is 18.6. The van der Waals surface area contributed by atoms with Crippen molar-refractivity contribution in [2.24, 2.45) is 0 Å². The molecule has 0 aliphatic carbocycles. The number of hydrogen-bond donors (Lipinski definition) is 1. The molecule has 0 aromatic rings. The van der Waals surface area contributed by atoms with Crippen LogP contribution in [0, 0.1) is 0 Å². The lowest BCUT2D eigenvalue weighted by molar-refractivity contribution is -0.929. The summed E-state index contributed by atoms with van der Waals surface area (Å²) >= 11 is 0. The molecule has 0 fully saturated rings. The van der Waals surface area contributed by atoms with Crippen molar-refractivity contribution in [3.05, 3.63) is 0 Å². The molecule has 0 unspecified atom stereocenters. The van der Waals surface area contributed by atoms with E-state index in [1.54, 1.807) is 0 Å². The number of unbranched alkanes of at least 4 members (excludes halogenated alkanes) is 12. The van der Waals surface area contributed by atoms with Gasteiger partial charge in [0, 0.05) is 0 Å². The highest BCUT2D eigenvalue weighted by atomic mass is 16.0. The van der Waals surface area contributed by atoms with Gasteiger partial charge in [-0.05, 0) is 51.4 Å². The third kappa shape index (κ3) is 20.6. The van der Waals surface area contributed by atoms with E-state index in [1.807, 2.05) is 0 Å². The molecule has 28 heavy (non-hydrogen) atoms. The molecule has 0 heterocycles. The van der Waals surface area contributed by atoms with Crippen molar-refractivity contribution in [1.82, 2.24) is 6.15 Å². The molecule has 0 rings (SSSR count). The smallest absolute Gasteiger partial charge is 0.0786 e. The molecular formula is C24H58N2O2. The van der Waals surface area contributed by atoms with E-state index < -0.39 is 0 Å². The third-order valence-electron chi connectivity index (χ3n) is 5.94. The van der Waals surface area contributed by atoms with Crippen LogP contribution in [-0.4, -0.2) is 41.6 Å². The highest BCUT2D eigenvalue weighted by molar-refractivity contribution is 4.53. The first-order chi connectivity index (χ1) is 12.2. The van der Waals surface area contributed by atoms with Crippen molar-refractivity contribution in [2.75, 3.05) is 26.2 Å². The zero-order valence-electron chi connectivity index (χ0n) is 20.5. The van der Waals surface area contributed by atoms with Crippen molar-refractivity contribution in [1.29, 1.82) is 0 Å². The molecule has 0 amide bonds. The SMILES string of the molecule is CCCCCC[N+](CCCCCC)(CCCCCC)CCCCCC.[NH4+].[OH-].[OH-]. The molecular weight excluding hydrogens is 348 g/mol. The molecule has 4 heteroatoms. The van der Waals surface area contributed by atoms with Gasteiger partial charge in [0.15, 0.2) is 0 Å². The Labute approximate surface area is 178 Å². The molecule has 0 aliphatic rings. The van der Waals surface area contributed by atoms with Crippen LogP contribution in [0.3, 0.4) is 0 Å². The maximum atomic E-state index is 2.34. The van der Waals surface area contributed by atoms with Crippen LogP contribution in [0.4, 0.5) is 0 Å². The van der Waals surface area contributed by atoms with Crippen LogP contribution in [0.2, 0.25) is 0 Å². The van der Waals surface area contributed by atoms with Crippen LogP contribution in [0.1, 0.15) is 130 Å². The highest BCUT2D eigenvalue weighted by Crippen LogP contribution is 2.19. The van der Waals surface area contributed by atoms with Gasteiger partial charge in [0.2, 0.25) is 0 Å². The predicted molar refractivity (Wildman–Crippen MR) is 126 cm³/mol. The predicted octanol–water partition coefficient (Wildman–Crippen LogP) is 8.15. The molecule has 176 valence electrons. The molecule has 0 aromatic carbocycles. The van der Waals surface area contributed by atoms with Crippen LogP contribution < -0.4 is 6.15 Å². The Morgan fingerprint density at radius 1 is 0.357 bits per heavy atom. The van der Waals surface area contributed by atoms with Gasteiger partial charge in [0.1, 0.15) is 0 Å². The van der Waals surface area contributed by atoms with E-state index in [2.05, 4.69) is 27.7 Å². The summed E-state index contributed by atoms with van der Waals surface area (Å²) in [6, 6.07) is 0. The Balaban J connectivity index is -0.000000960. The van der Waals surface area contributed by atoms with Crippen molar-refractivity contribution in [3.8, 4) is 0 Å². The van der Waals surface area contributed by atoms with Gasteiger partial charge in [-0.2, -0.15) is 0 Å². The summed E-state index contributed by atoms with van der Waals surface area (Å²) in [5, 5.41) is 0. The van der Waals surface area contributed by atoms with Crippen LogP contribution in [0.5, 0.6) is 0 Å². The summed E-state index contributed by atoms with van der Waals surface area (Å²) < 4.78 is 1.46. The molecule has 4 nitrogen and oxygen atoms in total. The Morgan fingerprint density at radius 3 is 0.750 bits per heavy atom. The van der Waals surface area contributed by atoms with Gasteiger partial charge in [-0.1, -0.05) is 79.1 Å². The standard InChI is InChI=1S/C24H52N.H3N.2H2O/c1-5-9-13-17-21-25(22-18-14-10-6-2,23-19-15-11-7-3)24-20-16-12-8-4;;;/h5-24H2,1-4H3;1H3;2*1H2/q+1;;;/p-1. The van der Waals surface area contributed by atoms with Crippen molar-refractivity contribution < 1.29 is 15.4 Å². The minimum absolute atomic E-state index is 0. The van der Waals surface area contributed by atoms with Crippen LogP contribution >= 0.6 is 0 Å². The van der Waals surface area contributed by atoms with E-state index >= 15 is 0 Å². The Bertz CT molecular complexity index is 209. The van der Waals surface area contributed by atoms with Crippen LogP contribution in [0.15, 0.2) is 0 Å². The van der Waals surface area contributed by atoms with E-state index in [0.29, 0.717) is 0 Å². The van der Waals surface area contributed by atoms with Crippen LogP contribution in [-0.2, 0) is 0 Å². The molecule has 0 saturated carbocycles. The van der Waals surface area contributed by atoms with E-state index in [1.165, 1.54) is 133 Å². The van der Waals surface area contributed by atoms with Gasteiger partial charge in [0.25, 0.3) is 0 Å². The number of hydrogen-bond acceptors (Lipinski definition) is 2. The summed E-state index contributed by atoms with van der Waals surface area (Å²) in [5.41, 5.74) is 0. The van der Waals surface area contributed by atoms with E-state index in [9.17, 15) is 0 Å². The lowest BCUT2D eigenvalue weighted by Crippen LogP contribution is -2.50. The fourth-order valence-electron chi connectivity index (χ4n) is 4.17. The van der Waals surface area contributed by atoms with Crippen LogP contribution in [0.25, 0.3) is 0 Å². The Kier molecular flexibility index (Phi) is 33.8. The molecule has 0 aromatic heterocycles. The second-order valence-corrected chi connectivity index (χ2v) is 8.48. The van der Waals surface area contributed by atoms with Gasteiger partial charge in [-0.25, -0.2) is 0 Å². The summed E-state index contributed by atoms with van der Waals surface area (Å²) in [6.07, 6.45) is 22.8. The van der Waals surface area contributed by atoms with Crippen molar-refractivity contribution in [2.45, 2.75) is 130 Å². The molecule has 0 bridgehead atoms. The summed E-state index contributed by atoms with van der Waals surface area (Å²) in [4.78, 5) is 0. The minimum atomic E-state index is 0. The molecule has 0 radical (unpaired) electrons. The van der Waals surface area contributed by atoms with Crippen molar-refractivity contribution >= 4 is 0 Å². The number of quaternary nitrogens is 2. The van der Waals surface area contributed by atoms with Gasteiger partial charge < -0.3 is 21.6 Å². The topological polar surface area (TPSA) is 96.5 Å². The van der Waals surface area contributed by atoms with E-state index in [4.69, 9.17) is 0 Å². The van der Waals surface area contributed by atoms with Gasteiger partial charge >= 0.3 is 0 Å². The number of rotatable bonds is 20. The molecule has 0 spiro atoms. The number of nitrogens with zero attached hydrogens (tertiary/aromatic N) is 1. The summed E-state index contributed by atoms with van der Waals surface area (Å²) in [7, 11) is 0. The largest absolute Gasteiger partial charge is 0.870 e. The monoisotopic (exact) mass is 406 g/mol. The first-order valence-electron chi connectivity index (χ1n) is 12.1. The minimum Gasteiger partial charge on any atom is -0.870 e. The second kappa shape index (κ2) is 26.8. The lowest BCUT2D eigenvalue weighted by atomic mass is 10.1. The average molecular weight is 407 g/mol. The van der Waals surface area contributed by atoms with Crippen molar-refractivity contribution in [3.63, 3.8) is 0 Å². The fraction of sp³-hybridized carbons (Fsp3) is 1.00. The molecule has 0 atom stereocenters. The first kappa shape index (κ1) is 35.3. The maximum absolute atomic E-state index is 2.34.